The van der Waals surface area contributed by atoms with Crippen molar-refractivity contribution in [3.05, 3.63) is 83.3 Å². The first-order valence-corrected chi connectivity index (χ1v) is 9.74. The summed E-state index contributed by atoms with van der Waals surface area (Å²) in [6.45, 7) is 0. The number of anilines is 1. The minimum absolute atomic E-state index is 0.126. The Hall–Kier alpha value is -3.91. The predicted octanol–water partition coefficient (Wildman–Crippen LogP) is 4.17. The molecule has 29 heavy (non-hydrogen) atoms. The van der Waals surface area contributed by atoms with Gasteiger partial charge in [0.15, 0.2) is 11.5 Å². The maximum Gasteiger partial charge on any atom is 0.265 e. The van der Waals surface area contributed by atoms with Crippen LogP contribution >= 0.6 is 11.3 Å². The number of rotatable bonds is 4. The average molecular weight is 398 g/mol. The highest BCUT2D eigenvalue weighted by Gasteiger charge is 2.12. The number of pyridine rings is 1. The van der Waals surface area contributed by atoms with Crippen molar-refractivity contribution >= 4 is 28.6 Å². The number of nitrogens with zero attached hydrogens (tertiary/aromatic N) is 5. The van der Waals surface area contributed by atoms with E-state index in [4.69, 9.17) is 5.10 Å². The Morgan fingerprint density at radius 3 is 2.66 bits per heavy atom. The fourth-order valence-corrected chi connectivity index (χ4v) is 3.60. The molecule has 0 saturated carbocycles. The number of aromatic nitrogens is 5. The lowest BCUT2D eigenvalue weighted by Gasteiger charge is -2.07. The highest BCUT2D eigenvalue weighted by atomic mass is 32.1. The van der Waals surface area contributed by atoms with Gasteiger partial charge in [-0.15, -0.1) is 21.5 Å². The smallest absolute Gasteiger partial charge is 0.265 e. The number of thiophene rings is 1. The fourth-order valence-electron chi connectivity index (χ4n) is 2.98. The summed E-state index contributed by atoms with van der Waals surface area (Å²) in [5.41, 5.74) is 3.88. The van der Waals surface area contributed by atoms with Crippen LogP contribution in [0.5, 0.6) is 0 Å². The van der Waals surface area contributed by atoms with E-state index in [1.807, 2.05) is 60.0 Å². The van der Waals surface area contributed by atoms with E-state index in [9.17, 15) is 4.79 Å². The summed E-state index contributed by atoms with van der Waals surface area (Å²) in [7, 11) is 0. The molecule has 140 valence electrons. The molecule has 0 spiro atoms. The van der Waals surface area contributed by atoms with Gasteiger partial charge in [-0.3, -0.25) is 9.78 Å². The molecule has 1 aromatic carbocycles. The molecule has 8 heteroatoms. The van der Waals surface area contributed by atoms with E-state index in [0.717, 1.165) is 16.8 Å². The van der Waals surface area contributed by atoms with E-state index >= 15 is 0 Å². The van der Waals surface area contributed by atoms with Gasteiger partial charge in [-0.1, -0.05) is 18.2 Å². The van der Waals surface area contributed by atoms with E-state index in [1.165, 1.54) is 11.3 Å². The van der Waals surface area contributed by atoms with Gasteiger partial charge >= 0.3 is 0 Å². The third-order valence-electron chi connectivity index (χ3n) is 4.36. The topological polar surface area (TPSA) is 85.1 Å². The highest BCUT2D eigenvalue weighted by molar-refractivity contribution is 7.12. The van der Waals surface area contributed by atoms with Crippen LogP contribution in [0.25, 0.3) is 28.3 Å². The predicted molar refractivity (Wildman–Crippen MR) is 112 cm³/mol. The molecular formula is C21H14N6OS. The molecule has 0 aliphatic heterocycles. The molecule has 0 bridgehead atoms. The number of carbonyl (C=O) groups is 1. The van der Waals surface area contributed by atoms with Crippen molar-refractivity contribution in [1.82, 2.24) is 24.8 Å². The van der Waals surface area contributed by atoms with Crippen LogP contribution in [0.4, 0.5) is 5.69 Å². The van der Waals surface area contributed by atoms with Gasteiger partial charge < -0.3 is 5.32 Å². The number of nitrogens with one attached hydrogen (secondary N) is 1. The van der Waals surface area contributed by atoms with E-state index in [1.54, 1.807) is 23.0 Å². The van der Waals surface area contributed by atoms with Gasteiger partial charge in [-0.05, 0) is 47.8 Å². The first kappa shape index (κ1) is 17.2. The Bertz CT molecular complexity index is 1300. The van der Waals surface area contributed by atoms with Gasteiger partial charge in [-0.25, -0.2) is 0 Å². The first-order chi connectivity index (χ1) is 14.3. The SMILES string of the molecule is O=C(Nc1cccc(-c2ccc3nnc(-c4ccncc4)n3n2)c1)c1cccs1. The zero-order valence-electron chi connectivity index (χ0n) is 15.1. The molecule has 0 saturated heterocycles. The van der Waals surface area contributed by atoms with Gasteiger partial charge in [0.25, 0.3) is 5.91 Å². The molecule has 4 aromatic heterocycles. The molecule has 0 aliphatic rings. The van der Waals surface area contributed by atoms with Crippen molar-refractivity contribution in [3.63, 3.8) is 0 Å². The van der Waals surface area contributed by atoms with Crippen molar-refractivity contribution in [1.29, 1.82) is 0 Å². The normalized spacial score (nSPS) is 10.9. The molecule has 7 nitrogen and oxygen atoms in total. The third kappa shape index (κ3) is 3.37. The maximum atomic E-state index is 12.3. The Morgan fingerprint density at radius 1 is 0.931 bits per heavy atom. The van der Waals surface area contributed by atoms with Gasteiger partial charge in [0.1, 0.15) is 0 Å². The van der Waals surface area contributed by atoms with Gasteiger partial charge in [0.05, 0.1) is 10.6 Å². The van der Waals surface area contributed by atoms with E-state index in [-0.39, 0.29) is 5.91 Å². The van der Waals surface area contributed by atoms with E-state index < -0.39 is 0 Å². The maximum absolute atomic E-state index is 12.3. The van der Waals surface area contributed by atoms with E-state index in [0.29, 0.717) is 22.0 Å². The summed E-state index contributed by atoms with van der Waals surface area (Å²) >= 11 is 1.41. The van der Waals surface area contributed by atoms with Gasteiger partial charge in [0.2, 0.25) is 0 Å². The molecule has 0 atom stereocenters. The van der Waals surface area contributed by atoms with E-state index in [2.05, 4.69) is 20.5 Å². The van der Waals surface area contributed by atoms with Crippen LogP contribution in [0.15, 0.2) is 78.4 Å². The van der Waals surface area contributed by atoms with Crippen molar-refractivity contribution in [2.45, 2.75) is 0 Å². The Labute approximate surface area is 169 Å². The van der Waals surface area contributed by atoms with Crippen molar-refractivity contribution in [3.8, 4) is 22.6 Å². The number of benzene rings is 1. The Kier molecular flexibility index (Phi) is 4.30. The van der Waals surface area contributed by atoms with Gasteiger partial charge in [-0.2, -0.15) is 9.61 Å². The Morgan fingerprint density at radius 2 is 1.83 bits per heavy atom. The molecule has 5 rings (SSSR count). The zero-order valence-corrected chi connectivity index (χ0v) is 15.9. The van der Waals surface area contributed by atoms with Crippen LogP contribution < -0.4 is 5.32 Å². The molecule has 4 heterocycles. The number of fused-ring (bicyclic) bond motifs is 1. The summed E-state index contributed by atoms with van der Waals surface area (Å²) in [5, 5.41) is 18.0. The minimum atomic E-state index is -0.126. The van der Waals surface area contributed by atoms with Gasteiger partial charge in [0, 0.05) is 29.2 Å². The monoisotopic (exact) mass is 398 g/mol. The second kappa shape index (κ2) is 7.25. The first-order valence-electron chi connectivity index (χ1n) is 8.86. The van der Waals surface area contributed by atoms with Crippen molar-refractivity contribution in [2.75, 3.05) is 5.32 Å². The molecule has 0 radical (unpaired) electrons. The summed E-state index contributed by atoms with van der Waals surface area (Å²) in [5.74, 6) is 0.519. The molecule has 5 aromatic rings. The second-order valence-electron chi connectivity index (χ2n) is 6.26. The highest BCUT2D eigenvalue weighted by Crippen LogP contribution is 2.24. The summed E-state index contributed by atoms with van der Waals surface area (Å²) in [4.78, 5) is 17.0. The fraction of sp³-hybridized carbons (Fsp3) is 0. The summed E-state index contributed by atoms with van der Waals surface area (Å²) < 4.78 is 1.71. The molecule has 1 N–H and O–H groups in total. The van der Waals surface area contributed by atoms with Crippen LogP contribution in [0.1, 0.15) is 9.67 Å². The lowest BCUT2D eigenvalue weighted by atomic mass is 10.1. The molecular weight excluding hydrogens is 384 g/mol. The summed E-state index contributed by atoms with van der Waals surface area (Å²) in [6, 6.07) is 18.7. The number of carbonyl (C=O) groups excluding carboxylic acids is 1. The van der Waals surface area contributed by atoms with Crippen molar-refractivity contribution in [2.24, 2.45) is 0 Å². The molecule has 0 unspecified atom stereocenters. The number of hydrogen-bond donors (Lipinski definition) is 1. The lowest BCUT2D eigenvalue weighted by Crippen LogP contribution is -2.10. The standard InChI is InChI=1S/C21H14N6OS/c28-21(18-5-2-12-29-18)23-16-4-1-3-15(13-16)17-6-7-19-24-25-20(27(19)26-17)14-8-10-22-11-9-14/h1-13H,(H,23,28). The number of amides is 1. The van der Waals surface area contributed by atoms with Crippen LogP contribution in [-0.2, 0) is 0 Å². The number of hydrogen-bond acceptors (Lipinski definition) is 6. The largest absolute Gasteiger partial charge is 0.321 e. The lowest BCUT2D eigenvalue weighted by molar-refractivity contribution is 0.103. The van der Waals surface area contributed by atoms with Crippen molar-refractivity contribution < 1.29 is 4.79 Å². The minimum Gasteiger partial charge on any atom is -0.321 e. The molecule has 1 amide bonds. The Balaban J connectivity index is 1.50. The van der Waals surface area contributed by atoms with Crippen LogP contribution in [0, 0.1) is 0 Å². The van der Waals surface area contributed by atoms with Crippen LogP contribution in [0.3, 0.4) is 0 Å². The molecule has 0 fully saturated rings. The third-order valence-corrected chi connectivity index (χ3v) is 5.23. The zero-order chi connectivity index (χ0) is 19.6. The quantitative estimate of drug-likeness (QED) is 0.491. The average Bonchev–Trinajstić information content (AvgIpc) is 3.44. The second-order valence-corrected chi connectivity index (χ2v) is 7.21. The summed E-state index contributed by atoms with van der Waals surface area (Å²) in [6.07, 6.45) is 3.42. The van der Waals surface area contributed by atoms with Crippen LogP contribution in [-0.4, -0.2) is 30.7 Å². The van der Waals surface area contributed by atoms with Crippen LogP contribution in [0.2, 0.25) is 0 Å². The molecule has 0 aliphatic carbocycles.